The Bertz CT molecular complexity index is 607. The lowest BCUT2D eigenvalue weighted by Crippen LogP contribution is -2.19. The minimum Gasteiger partial charge on any atom is -0.327 e. The number of nitrogens with one attached hydrogen (secondary N) is 2. The Morgan fingerprint density at radius 3 is 2.65 bits per heavy atom. The van der Waals surface area contributed by atoms with E-state index in [4.69, 9.17) is 0 Å². The molecule has 4 nitrogen and oxygen atoms in total. The molecule has 1 aromatic carbocycles. The van der Waals surface area contributed by atoms with Crippen LogP contribution in [0.5, 0.6) is 0 Å². The fourth-order valence-electron chi connectivity index (χ4n) is 1.36. The van der Waals surface area contributed by atoms with Crippen LogP contribution in [0.4, 0.5) is 5.69 Å². The number of hydrogen-bond donors (Lipinski definition) is 2. The van der Waals surface area contributed by atoms with Crippen LogP contribution in [-0.4, -0.2) is 10.9 Å². The molecule has 86 valence electrons. The summed E-state index contributed by atoms with van der Waals surface area (Å²) in [5.41, 5.74) is 0.386. The summed E-state index contributed by atoms with van der Waals surface area (Å²) in [4.78, 5) is 25.8. The smallest absolute Gasteiger partial charge is 0.271 e. The Kier molecular flexibility index (Phi) is 3.39. The Morgan fingerprint density at radius 2 is 1.94 bits per heavy atom. The van der Waals surface area contributed by atoms with Gasteiger partial charge in [-0.15, -0.1) is 0 Å². The Hall–Kier alpha value is -1.88. The van der Waals surface area contributed by atoms with E-state index in [1.54, 1.807) is 30.3 Å². The second-order valence-corrected chi connectivity index (χ2v) is 4.20. The highest BCUT2D eigenvalue weighted by molar-refractivity contribution is 9.10. The van der Waals surface area contributed by atoms with Gasteiger partial charge in [-0.3, -0.25) is 9.59 Å². The SMILES string of the molecule is O=C(Nc1ccc[nH]c1=O)c1ccccc1Br. The molecule has 1 aromatic heterocycles. The highest BCUT2D eigenvalue weighted by atomic mass is 79.9. The monoisotopic (exact) mass is 292 g/mol. The molecule has 0 atom stereocenters. The second kappa shape index (κ2) is 4.97. The third-order valence-corrected chi connectivity index (χ3v) is 2.88. The first-order valence-corrected chi connectivity index (χ1v) is 5.71. The van der Waals surface area contributed by atoms with Crippen molar-refractivity contribution in [3.05, 3.63) is 63.0 Å². The van der Waals surface area contributed by atoms with Gasteiger partial charge in [0.15, 0.2) is 0 Å². The minimum absolute atomic E-state index is 0.230. The standard InChI is InChI=1S/C12H9BrN2O2/c13-9-5-2-1-4-8(9)11(16)15-10-6-3-7-14-12(10)17/h1-7H,(H,14,17)(H,15,16). The zero-order chi connectivity index (χ0) is 12.3. The van der Waals surface area contributed by atoms with E-state index in [1.165, 1.54) is 6.20 Å². The number of carbonyl (C=O) groups excluding carboxylic acids is 1. The van der Waals surface area contributed by atoms with E-state index in [9.17, 15) is 9.59 Å². The van der Waals surface area contributed by atoms with Gasteiger partial charge in [-0.1, -0.05) is 12.1 Å². The van der Waals surface area contributed by atoms with Crippen LogP contribution in [0.3, 0.4) is 0 Å². The summed E-state index contributed by atoms with van der Waals surface area (Å²) >= 11 is 3.28. The third-order valence-electron chi connectivity index (χ3n) is 2.18. The highest BCUT2D eigenvalue weighted by Crippen LogP contribution is 2.16. The highest BCUT2D eigenvalue weighted by Gasteiger charge is 2.10. The first-order valence-electron chi connectivity index (χ1n) is 4.92. The molecule has 0 saturated heterocycles. The van der Waals surface area contributed by atoms with Gasteiger partial charge in [0.25, 0.3) is 11.5 Å². The number of carbonyl (C=O) groups is 1. The molecule has 0 aliphatic heterocycles. The molecule has 0 fully saturated rings. The predicted molar refractivity (Wildman–Crippen MR) is 69.2 cm³/mol. The molecule has 0 saturated carbocycles. The molecule has 0 aliphatic rings. The van der Waals surface area contributed by atoms with Crippen molar-refractivity contribution in [1.29, 1.82) is 0 Å². The lowest BCUT2D eigenvalue weighted by molar-refractivity contribution is 0.102. The van der Waals surface area contributed by atoms with Gasteiger partial charge in [0, 0.05) is 10.7 Å². The van der Waals surface area contributed by atoms with E-state index in [0.717, 1.165) is 0 Å². The van der Waals surface area contributed by atoms with Crippen molar-refractivity contribution in [3.63, 3.8) is 0 Å². The number of aromatic nitrogens is 1. The van der Waals surface area contributed by atoms with Crippen LogP contribution in [0.2, 0.25) is 0 Å². The van der Waals surface area contributed by atoms with Gasteiger partial charge in [0.2, 0.25) is 0 Å². The molecule has 0 spiro atoms. The fraction of sp³-hybridized carbons (Fsp3) is 0. The average Bonchev–Trinajstić information content (AvgIpc) is 2.32. The van der Waals surface area contributed by atoms with Crippen LogP contribution in [-0.2, 0) is 0 Å². The molecule has 0 aliphatic carbocycles. The van der Waals surface area contributed by atoms with E-state index < -0.39 is 0 Å². The van der Waals surface area contributed by atoms with Crippen molar-refractivity contribution in [1.82, 2.24) is 4.98 Å². The maximum atomic E-state index is 11.9. The van der Waals surface area contributed by atoms with Gasteiger partial charge in [-0.2, -0.15) is 0 Å². The molecule has 0 bridgehead atoms. The van der Waals surface area contributed by atoms with Gasteiger partial charge >= 0.3 is 0 Å². The van der Waals surface area contributed by atoms with Crippen LogP contribution in [0.1, 0.15) is 10.4 Å². The number of aromatic amines is 1. The number of halogens is 1. The number of anilines is 1. The molecule has 0 radical (unpaired) electrons. The molecule has 1 amide bonds. The van der Waals surface area contributed by atoms with Crippen LogP contribution >= 0.6 is 15.9 Å². The number of rotatable bonds is 2. The van der Waals surface area contributed by atoms with E-state index in [1.807, 2.05) is 6.07 Å². The maximum absolute atomic E-state index is 11.9. The van der Waals surface area contributed by atoms with E-state index in [0.29, 0.717) is 10.0 Å². The topological polar surface area (TPSA) is 62.0 Å². The van der Waals surface area contributed by atoms with E-state index >= 15 is 0 Å². The molecule has 17 heavy (non-hydrogen) atoms. The number of pyridine rings is 1. The van der Waals surface area contributed by atoms with E-state index in [-0.39, 0.29) is 17.2 Å². The first-order chi connectivity index (χ1) is 8.18. The molecular formula is C12H9BrN2O2. The fourth-order valence-corrected chi connectivity index (χ4v) is 1.82. The number of hydrogen-bond acceptors (Lipinski definition) is 2. The lowest BCUT2D eigenvalue weighted by atomic mass is 10.2. The van der Waals surface area contributed by atoms with Crippen molar-refractivity contribution in [3.8, 4) is 0 Å². The third kappa shape index (κ3) is 2.62. The second-order valence-electron chi connectivity index (χ2n) is 3.35. The number of amides is 1. The maximum Gasteiger partial charge on any atom is 0.271 e. The van der Waals surface area contributed by atoms with Crippen molar-refractivity contribution in [2.75, 3.05) is 5.32 Å². The van der Waals surface area contributed by atoms with Gasteiger partial charge in [-0.05, 0) is 40.2 Å². The molecule has 2 aromatic rings. The van der Waals surface area contributed by atoms with Crippen molar-refractivity contribution < 1.29 is 4.79 Å². The largest absolute Gasteiger partial charge is 0.327 e. The summed E-state index contributed by atoms with van der Waals surface area (Å²) in [6, 6.07) is 10.2. The van der Waals surface area contributed by atoms with Crippen molar-refractivity contribution >= 4 is 27.5 Å². The van der Waals surface area contributed by atoms with E-state index in [2.05, 4.69) is 26.2 Å². The number of H-pyrrole nitrogens is 1. The summed E-state index contributed by atoms with van der Waals surface area (Å²) in [5.74, 6) is -0.325. The van der Waals surface area contributed by atoms with Crippen LogP contribution < -0.4 is 10.9 Å². The first kappa shape index (κ1) is 11.6. The van der Waals surface area contributed by atoms with Gasteiger partial charge < -0.3 is 10.3 Å². The molecule has 0 unspecified atom stereocenters. The summed E-state index contributed by atoms with van der Waals surface area (Å²) in [6.07, 6.45) is 1.51. The van der Waals surface area contributed by atoms with Crippen molar-refractivity contribution in [2.45, 2.75) is 0 Å². The summed E-state index contributed by atoms with van der Waals surface area (Å²) in [5, 5.41) is 2.55. The Labute approximate surface area is 106 Å². The number of benzene rings is 1. The average molecular weight is 293 g/mol. The van der Waals surface area contributed by atoms with Gasteiger partial charge in [-0.25, -0.2) is 0 Å². The molecule has 1 heterocycles. The van der Waals surface area contributed by atoms with Crippen LogP contribution in [0, 0.1) is 0 Å². The van der Waals surface area contributed by atoms with Gasteiger partial charge in [0.05, 0.1) is 5.56 Å². The normalized spacial score (nSPS) is 9.94. The molecular weight excluding hydrogens is 284 g/mol. The zero-order valence-corrected chi connectivity index (χ0v) is 10.3. The predicted octanol–water partition coefficient (Wildman–Crippen LogP) is 2.39. The lowest BCUT2D eigenvalue weighted by Gasteiger charge is -2.05. The van der Waals surface area contributed by atoms with Crippen molar-refractivity contribution in [2.24, 2.45) is 0 Å². The van der Waals surface area contributed by atoms with Crippen LogP contribution in [0.15, 0.2) is 51.9 Å². The minimum atomic E-state index is -0.326. The Balaban J connectivity index is 2.27. The summed E-state index contributed by atoms with van der Waals surface area (Å²) in [7, 11) is 0. The quantitative estimate of drug-likeness (QED) is 0.893. The van der Waals surface area contributed by atoms with Gasteiger partial charge in [0.1, 0.15) is 5.69 Å². The zero-order valence-electron chi connectivity index (χ0n) is 8.74. The van der Waals surface area contributed by atoms with Crippen LogP contribution in [0.25, 0.3) is 0 Å². The summed E-state index contributed by atoms with van der Waals surface area (Å²) < 4.78 is 0.685. The summed E-state index contributed by atoms with van der Waals surface area (Å²) in [6.45, 7) is 0. The molecule has 5 heteroatoms. The molecule has 2 N–H and O–H groups in total. The molecule has 2 rings (SSSR count). The Morgan fingerprint density at radius 1 is 1.18 bits per heavy atom.